The Morgan fingerprint density at radius 1 is 0.588 bits per heavy atom. The number of hydrogen-bond acceptors (Lipinski definition) is 0. The standard InChI is InChI=1S/C16H11B/c17-14-8-12-6-4-10-2-1-3-11-5-7-13(9-14)16(12)15(10)11/h1-9H,17H2. The van der Waals surface area contributed by atoms with Crippen molar-refractivity contribution in [3.05, 3.63) is 54.6 Å². The molecule has 78 valence electrons. The molecule has 1 heteroatoms. The van der Waals surface area contributed by atoms with Crippen LogP contribution in [0, 0.1) is 0 Å². The van der Waals surface area contributed by atoms with Crippen LogP contribution in [-0.4, -0.2) is 7.85 Å². The third-order valence-electron chi connectivity index (χ3n) is 3.61. The second kappa shape index (κ2) is 3.01. The summed E-state index contributed by atoms with van der Waals surface area (Å²) in [5.41, 5.74) is 1.33. The third kappa shape index (κ3) is 1.14. The Bertz CT molecular complexity index is 782. The summed E-state index contributed by atoms with van der Waals surface area (Å²) < 4.78 is 0. The van der Waals surface area contributed by atoms with E-state index in [-0.39, 0.29) is 0 Å². The zero-order valence-corrected chi connectivity index (χ0v) is 9.70. The van der Waals surface area contributed by atoms with E-state index in [1.54, 1.807) is 0 Å². The van der Waals surface area contributed by atoms with E-state index in [4.69, 9.17) is 0 Å². The van der Waals surface area contributed by atoms with Crippen molar-refractivity contribution in [2.24, 2.45) is 0 Å². The highest BCUT2D eigenvalue weighted by molar-refractivity contribution is 6.36. The Kier molecular flexibility index (Phi) is 1.60. The Morgan fingerprint density at radius 3 is 1.65 bits per heavy atom. The van der Waals surface area contributed by atoms with Gasteiger partial charge in [0.15, 0.2) is 0 Å². The van der Waals surface area contributed by atoms with Crippen molar-refractivity contribution in [1.29, 1.82) is 0 Å². The van der Waals surface area contributed by atoms with Crippen LogP contribution in [0.2, 0.25) is 0 Å². The van der Waals surface area contributed by atoms with Gasteiger partial charge in [0.2, 0.25) is 0 Å². The third-order valence-corrected chi connectivity index (χ3v) is 3.61. The molecule has 0 saturated heterocycles. The summed E-state index contributed by atoms with van der Waals surface area (Å²) in [6.45, 7) is 0. The monoisotopic (exact) mass is 214 g/mol. The first-order chi connectivity index (χ1) is 8.33. The summed E-state index contributed by atoms with van der Waals surface area (Å²) in [5.74, 6) is 0. The van der Waals surface area contributed by atoms with Gasteiger partial charge >= 0.3 is 0 Å². The lowest BCUT2D eigenvalue weighted by atomic mass is 9.88. The average molecular weight is 214 g/mol. The van der Waals surface area contributed by atoms with Crippen molar-refractivity contribution in [3.63, 3.8) is 0 Å². The van der Waals surface area contributed by atoms with Crippen LogP contribution in [0.25, 0.3) is 32.3 Å². The minimum atomic E-state index is 1.33. The van der Waals surface area contributed by atoms with Gasteiger partial charge in [-0.1, -0.05) is 60.1 Å². The SMILES string of the molecule is Bc1cc2ccc3cccc4ccc(c1)c2c34. The molecule has 0 aliphatic rings. The van der Waals surface area contributed by atoms with Crippen LogP contribution in [0.5, 0.6) is 0 Å². The molecule has 0 spiro atoms. The van der Waals surface area contributed by atoms with Crippen molar-refractivity contribution >= 4 is 45.6 Å². The summed E-state index contributed by atoms with van der Waals surface area (Å²) in [6.07, 6.45) is 0. The lowest BCUT2D eigenvalue weighted by Crippen LogP contribution is -2.01. The summed E-state index contributed by atoms with van der Waals surface area (Å²) in [7, 11) is 2.16. The van der Waals surface area contributed by atoms with E-state index in [0.29, 0.717) is 0 Å². The van der Waals surface area contributed by atoms with E-state index in [0.717, 1.165) is 0 Å². The zero-order valence-electron chi connectivity index (χ0n) is 9.70. The molecule has 0 heterocycles. The van der Waals surface area contributed by atoms with Gasteiger partial charge in [-0.3, -0.25) is 0 Å². The van der Waals surface area contributed by atoms with Gasteiger partial charge in [0, 0.05) is 0 Å². The van der Waals surface area contributed by atoms with Crippen LogP contribution in [0.15, 0.2) is 54.6 Å². The fourth-order valence-corrected chi connectivity index (χ4v) is 2.91. The van der Waals surface area contributed by atoms with Crippen LogP contribution < -0.4 is 5.46 Å². The number of rotatable bonds is 0. The molecule has 0 aliphatic carbocycles. The average Bonchev–Trinajstić information content (AvgIpc) is 2.35. The highest BCUT2D eigenvalue weighted by Gasteiger charge is 2.07. The van der Waals surface area contributed by atoms with Gasteiger partial charge in [0.1, 0.15) is 7.85 Å². The maximum atomic E-state index is 2.27. The number of benzene rings is 4. The van der Waals surface area contributed by atoms with Gasteiger partial charge in [0.25, 0.3) is 0 Å². The molecule has 0 aromatic heterocycles. The molecule has 0 fully saturated rings. The van der Waals surface area contributed by atoms with E-state index in [2.05, 4.69) is 62.4 Å². The maximum absolute atomic E-state index is 2.27. The first-order valence-corrected chi connectivity index (χ1v) is 5.97. The van der Waals surface area contributed by atoms with Gasteiger partial charge < -0.3 is 0 Å². The second-order valence-corrected chi connectivity index (χ2v) is 4.80. The molecule has 17 heavy (non-hydrogen) atoms. The van der Waals surface area contributed by atoms with Gasteiger partial charge in [-0.25, -0.2) is 0 Å². The fraction of sp³-hybridized carbons (Fsp3) is 0. The molecule has 0 amide bonds. The van der Waals surface area contributed by atoms with Crippen LogP contribution >= 0.6 is 0 Å². The molecule has 0 unspecified atom stereocenters. The summed E-state index contributed by atoms with van der Waals surface area (Å²) in [5, 5.41) is 8.19. The molecular weight excluding hydrogens is 203 g/mol. The van der Waals surface area contributed by atoms with Crippen molar-refractivity contribution in [2.75, 3.05) is 0 Å². The van der Waals surface area contributed by atoms with Gasteiger partial charge in [-0.05, 0) is 32.3 Å². The Labute approximate surface area is 101 Å². The molecular formula is C16H11B. The molecule has 0 saturated carbocycles. The smallest absolute Gasteiger partial charge is 0.0877 e. The topological polar surface area (TPSA) is 0 Å². The predicted octanol–water partition coefficient (Wildman–Crippen LogP) is 2.84. The summed E-state index contributed by atoms with van der Waals surface area (Å²) in [6, 6.07) is 20.0. The minimum absolute atomic E-state index is 1.33. The van der Waals surface area contributed by atoms with E-state index in [9.17, 15) is 0 Å². The van der Waals surface area contributed by atoms with Crippen LogP contribution in [0.3, 0.4) is 0 Å². The maximum Gasteiger partial charge on any atom is 0.139 e. The highest BCUT2D eigenvalue weighted by atomic mass is 14.1. The fourth-order valence-electron chi connectivity index (χ4n) is 2.91. The molecule has 4 aromatic rings. The van der Waals surface area contributed by atoms with E-state index < -0.39 is 0 Å². The van der Waals surface area contributed by atoms with E-state index in [1.165, 1.54) is 37.8 Å². The molecule has 0 nitrogen and oxygen atoms in total. The molecule has 0 N–H and O–H groups in total. The normalized spacial score (nSPS) is 11.8. The van der Waals surface area contributed by atoms with Crippen molar-refractivity contribution in [1.82, 2.24) is 0 Å². The van der Waals surface area contributed by atoms with Crippen molar-refractivity contribution < 1.29 is 0 Å². The largest absolute Gasteiger partial charge is 0.139 e. The Hall–Kier alpha value is -2.02. The number of hydrogen-bond donors (Lipinski definition) is 0. The lowest BCUT2D eigenvalue weighted by molar-refractivity contribution is 1.80. The van der Waals surface area contributed by atoms with Crippen LogP contribution in [0.1, 0.15) is 0 Å². The first kappa shape index (κ1) is 9.06. The lowest BCUT2D eigenvalue weighted by Gasteiger charge is -2.11. The molecule has 0 aliphatic heterocycles. The summed E-state index contributed by atoms with van der Waals surface area (Å²) >= 11 is 0. The quantitative estimate of drug-likeness (QED) is 0.312. The van der Waals surface area contributed by atoms with Gasteiger partial charge in [0.05, 0.1) is 0 Å². The Balaban J connectivity index is 2.45. The van der Waals surface area contributed by atoms with Crippen molar-refractivity contribution in [3.8, 4) is 0 Å². The highest BCUT2D eigenvalue weighted by Crippen LogP contribution is 2.33. The van der Waals surface area contributed by atoms with Crippen LogP contribution in [-0.2, 0) is 0 Å². The van der Waals surface area contributed by atoms with E-state index >= 15 is 0 Å². The summed E-state index contributed by atoms with van der Waals surface area (Å²) in [4.78, 5) is 0. The predicted molar refractivity (Wildman–Crippen MR) is 78.3 cm³/mol. The van der Waals surface area contributed by atoms with Gasteiger partial charge in [-0.15, -0.1) is 0 Å². The Morgan fingerprint density at radius 2 is 1.06 bits per heavy atom. The molecule has 0 bridgehead atoms. The zero-order chi connectivity index (χ0) is 11.4. The first-order valence-electron chi connectivity index (χ1n) is 5.97. The second-order valence-electron chi connectivity index (χ2n) is 4.80. The minimum Gasteiger partial charge on any atom is -0.0877 e. The van der Waals surface area contributed by atoms with Gasteiger partial charge in [-0.2, -0.15) is 0 Å². The van der Waals surface area contributed by atoms with Crippen molar-refractivity contribution in [2.45, 2.75) is 0 Å². The molecule has 4 aromatic carbocycles. The molecule has 4 rings (SSSR count). The van der Waals surface area contributed by atoms with E-state index in [1.807, 2.05) is 0 Å². The molecule has 0 atom stereocenters. The van der Waals surface area contributed by atoms with Crippen LogP contribution in [0.4, 0.5) is 0 Å². The molecule has 0 radical (unpaired) electrons.